The minimum atomic E-state index is 0.865. The molecule has 4 bridgehead atoms. The highest BCUT2D eigenvalue weighted by atomic mass is 15.2. The largest absolute Gasteiger partial charge is 0.314 e. The third kappa shape index (κ3) is 2.15. The normalized spacial score (nSPS) is 49.7. The summed E-state index contributed by atoms with van der Waals surface area (Å²) in [6, 6.07) is 0.865. The summed E-state index contributed by atoms with van der Waals surface area (Å²) in [4.78, 5) is 2.84. The summed E-state index contributed by atoms with van der Waals surface area (Å²) >= 11 is 0. The van der Waals surface area contributed by atoms with Crippen LogP contribution in [0.3, 0.4) is 0 Å². The van der Waals surface area contributed by atoms with Gasteiger partial charge in [0.25, 0.3) is 0 Å². The number of hydrogen-bond donors (Lipinski definition) is 1. The molecule has 0 aromatic carbocycles. The zero-order valence-corrected chi connectivity index (χ0v) is 12.5. The first kappa shape index (κ1) is 12.6. The first-order valence-corrected chi connectivity index (χ1v) is 8.80. The van der Waals surface area contributed by atoms with Crippen molar-refractivity contribution in [3.05, 3.63) is 0 Å². The number of piperazine rings is 1. The highest BCUT2D eigenvalue weighted by Gasteiger charge is 2.51. The second-order valence-electron chi connectivity index (χ2n) is 7.82. The van der Waals surface area contributed by atoms with Crippen LogP contribution in [0.5, 0.6) is 0 Å². The van der Waals surface area contributed by atoms with Crippen molar-refractivity contribution in [1.29, 1.82) is 0 Å². The minimum absolute atomic E-state index is 0.865. The Labute approximate surface area is 118 Å². The van der Waals surface area contributed by atoms with E-state index in [1.165, 1.54) is 32.6 Å². The molecule has 4 saturated carbocycles. The molecule has 1 aliphatic heterocycles. The van der Waals surface area contributed by atoms with Gasteiger partial charge in [0.15, 0.2) is 0 Å². The molecular formula is C17H30N2. The van der Waals surface area contributed by atoms with Crippen molar-refractivity contribution >= 4 is 0 Å². The fourth-order valence-electron chi connectivity index (χ4n) is 6.31. The van der Waals surface area contributed by atoms with Gasteiger partial charge in [-0.3, -0.25) is 4.90 Å². The quantitative estimate of drug-likeness (QED) is 0.841. The highest BCUT2D eigenvalue weighted by molar-refractivity contribution is 5.03. The third-order valence-electron chi connectivity index (χ3n) is 6.65. The van der Waals surface area contributed by atoms with E-state index in [2.05, 4.69) is 17.1 Å². The monoisotopic (exact) mass is 262 g/mol. The molecule has 1 N–H and O–H groups in total. The van der Waals surface area contributed by atoms with Crippen molar-refractivity contribution in [2.75, 3.05) is 26.2 Å². The fraction of sp³-hybridized carbons (Fsp3) is 1.00. The maximum Gasteiger partial charge on any atom is 0.0254 e. The average molecular weight is 262 g/mol. The molecule has 4 aliphatic carbocycles. The van der Waals surface area contributed by atoms with Crippen LogP contribution in [-0.2, 0) is 0 Å². The Morgan fingerprint density at radius 3 is 2.32 bits per heavy atom. The Morgan fingerprint density at radius 2 is 1.68 bits per heavy atom. The Morgan fingerprint density at radius 1 is 1.00 bits per heavy atom. The number of hydrogen-bond acceptors (Lipinski definition) is 2. The van der Waals surface area contributed by atoms with E-state index in [1.54, 1.807) is 32.1 Å². The SMILES string of the molecule is CCCN1CCNCC1C1C2CC3CC(C2)CC1C3. The Hall–Kier alpha value is -0.0800. The van der Waals surface area contributed by atoms with Gasteiger partial charge < -0.3 is 5.32 Å². The fourth-order valence-corrected chi connectivity index (χ4v) is 6.31. The Bertz CT molecular complexity index is 297. The molecular weight excluding hydrogens is 232 g/mol. The van der Waals surface area contributed by atoms with Crippen LogP contribution in [0, 0.1) is 29.6 Å². The van der Waals surface area contributed by atoms with Gasteiger partial charge in [-0.2, -0.15) is 0 Å². The van der Waals surface area contributed by atoms with Gasteiger partial charge in [0.1, 0.15) is 0 Å². The number of nitrogens with one attached hydrogen (secondary N) is 1. The van der Waals surface area contributed by atoms with Gasteiger partial charge in [0.2, 0.25) is 0 Å². The second-order valence-corrected chi connectivity index (χ2v) is 7.82. The minimum Gasteiger partial charge on any atom is -0.314 e. The van der Waals surface area contributed by atoms with Gasteiger partial charge in [0, 0.05) is 25.7 Å². The molecule has 1 atom stereocenters. The molecule has 108 valence electrons. The van der Waals surface area contributed by atoms with Crippen molar-refractivity contribution in [1.82, 2.24) is 10.2 Å². The molecule has 0 amide bonds. The third-order valence-corrected chi connectivity index (χ3v) is 6.65. The van der Waals surface area contributed by atoms with E-state index in [0.717, 1.165) is 35.6 Å². The molecule has 0 spiro atoms. The molecule has 1 saturated heterocycles. The van der Waals surface area contributed by atoms with Gasteiger partial charge in [-0.25, -0.2) is 0 Å². The van der Waals surface area contributed by atoms with Crippen LogP contribution in [0.4, 0.5) is 0 Å². The lowest BCUT2D eigenvalue weighted by atomic mass is 9.50. The van der Waals surface area contributed by atoms with Crippen LogP contribution in [0.2, 0.25) is 0 Å². The van der Waals surface area contributed by atoms with Gasteiger partial charge in [0.05, 0.1) is 0 Å². The van der Waals surface area contributed by atoms with E-state index in [4.69, 9.17) is 0 Å². The average Bonchev–Trinajstić information content (AvgIpc) is 2.39. The molecule has 5 aliphatic rings. The van der Waals surface area contributed by atoms with Crippen LogP contribution in [0.15, 0.2) is 0 Å². The summed E-state index contributed by atoms with van der Waals surface area (Å²) in [5.74, 6) is 5.44. The molecule has 0 aromatic heterocycles. The molecule has 0 radical (unpaired) electrons. The van der Waals surface area contributed by atoms with Gasteiger partial charge >= 0.3 is 0 Å². The number of nitrogens with zero attached hydrogens (tertiary/aromatic N) is 1. The Kier molecular flexibility index (Phi) is 3.35. The van der Waals surface area contributed by atoms with Crippen molar-refractivity contribution < 1.29 is 0 Å². The highest BCUT2D eigenvalue weighted by Crippen LogP contribution is 2.57. The van der Waals surface area contributed by atoms with Crippen molar-refractivity contribution in [2.24, 2.45) is 29.6 Å². The predicted molar refractivity (Wildman–Crippen MR) is 79.1 cm³/mol. The maximum atomic E-state index is 3.69. The van der Waals surface area contributed by atoms with E-state index < -0.39 is 0 Å². The van der Waals surface area contributed by atoms with Gasteiger partial charge in [-0.1, -0.05) is 6.92 Å². The van der Waals surface area contributed by atoms with E-state index in [1.807, 2.05) is 0 Å². The second kappa shape index (κ2) is 5.04. The van der Waals surface area contributed by atoms with Gasteiger partial charge in [-0.15, -0.1) is 0 Å². The molecule has 2 heteroatoms. The first-order chi connectivity index (χ1) is 9.35. The molecule has 5 rings (SSSR count). The zero-order chi connectivity index (χ0) is 12.8. The van der Waals surface area contributed by atoms with Crippen molar-refractivity contribution in [3.8, 4) is 0 Å². The van der Waals surface area contributed by atoms with Crippen molar-refractivity contribution in [2.45, 2.75) is 51.5 Å². The summed E-state index contributed by atoms with van der Waals surface area (Å²) in [7, 11) is 0. The molecule has 0 aromatic rings. The lowest BCUT2D eigenvalue weighted by Gasteiger charge is -2.58. The standard InChI is InChI=1S/C17H30N2/c1-2-4-19-5-3-18-11-16(19)17-14-7-12-6-13(9-14)10-15(17)8-12/h12-18H,2-11H2,1H3. The Balaban J connectivity index is 1.53. The summed E-state index contributed by atoms with van der Waals surface area (Å²) in [6.45, 7) is 7.45. The zero-order valence-electron chi connectivity index (χ0n) is 12.5. The molecule has 19 heavy (non-hydrogen) atoms. The van der Waals surface area contributed by atoms with Gasteiger partial charge in [-0.05, 0) is 74.7 Å². The van der Waals surface area contributed by atoms with Crippen molar-refractivity contribution in [3.63, 3.8) is 0 Å². The lowest BCUT2D eigenvalue weighted by Crippen LogP contribution is -2.60. The van der Waals surface area contributed by atoms with E-state index in [9.17, 15) is 0 Å². The van der Waals surface area contributed by atoms with Crippen LogP contribution in [0.25, 0.3) is 0 Å². The van der Waals surface area contributed by atoms with E-state index in [0.29, 0.717) is 0 Å². The first-order valence-electron chi connectivity index (χ1n) is 8.80. The summed E-state index contributed by atoms with van der Waals surface area (Å²) < 4.78 is 0. The number of rotatable bonds is 3. The molecule has 1 unspecified atom stereocenters. The van der Waals surface area contributed by atoms with Crippen LogP contribution in [0.1, 0.15) is 45.4 Å². The van der Waals surface area contributed by atoms with E-state index >= 15 is 0 Å². The van der Waals surface area contributed by atoms with Crippen LogP contribution < -0.4 is 5.32 Å². The van der Waals surface area contributed by atoms with Crippen LogP contribution >= 0.6 is 0 Å². The lowest BCUT2D eigenvalue weighted by molar-refractivity contribution is -0.0782. The van der Waals surface area contributed by atoms with Crippen LogP contribution in [-0.4, -0.2) is 37.1 Å². The molecule has 2 nitrogen and oxygen atoms in total. The topological polar surface area (TPSA) is 15.3 Å². The molecule has 5 fully saturated rings. The summed E-state index contributed by atoms with van der Waals surface area (Å²) in [5.41, 5.74) is 0. The molecule has 1 heterocycles. The van der Waals surface area contributed by atoms with E-state index in [-0.39, 0.29) is 0 Å². The maximum absolute atomic E-state index is 3.69. The summed E-state index contributed by atoms with van der Waals surface area (Å²) in [5, 5.41) is 3.69. The predicted octanol–water partition coefficient (Wildman–Crippen LogP) is 2.74. The smallest absolute Gasteiger partial charge is 0.0254 e. The summed E-state index contributed by atoms with van der Waals surface area (Å²) in [6.07, 6.45) is 9.22.